The molecule has 1 aromatic heterocycles. The fraction of sp³-hybridized carbons (Fsp3) is 0.278. The maximum atomic E-state index is 12.1. The minimum Gasteiger partial charge on any atom is -0.504 e. The van der Waals surface area contributed by atoms with Crippen LogP contribution in [0.15, 0.2) is 35.7 Å². The molecule has 132 valence electrons. The lowest BCUT2D eigenvalue weighted by Crippen LogP contribution is -2.14. The Morgan fingerprint density at radius 1 is 1.12 bits per heavy atom. The van der Waals surface area contributed by atoms with Crippen molar-refractivity contribution in [1.29, 1.82) is 0 Å². The standard InChI is InChI=1S/C18H18O6S/c1-2-23-16-10-12(5-6-14(16)20)13(19)7-8-18(22)24-11-15(21)17-4-3-9-25-17/h3-6,9-10,20H,2,7-8,11H2,1H3. The van der Waals surface area contributed by atoms with Crippen molar-refractivity contribution in [2.24, 2.45) is 0 Å². The average Bonchev–Trinajstić information content (AvgIpc) is 3.14. The summed E-state index contributed by atoms with van der Waals surface area (Å²) in [6, 6.07) is 7.67. The van der Waals surface area contributed by atoms with Gasteiger partial charge in [-0.15, -0.1) is 11.3 Å². The highest BCUT2D eigenvalue weighted by molar-refractivity contribution is 7.12. The molecule has 0 bridgehead atoms. The van der Waals surface area contributed by atoms with E-state index in [0.29, 0.717) is 17.0 Å². The van der Waals surface area contributed by atoms with E-state index >= 15 is 0 Å². The number of Topliss-reactive ketones (excluding diaryl/α,β-unsaturated/α-hetero) is 2. The Hall–Kier alpha value is -2.67. The predicted octanol–water partition coefficient (Wildman–Crippen LogP) is 3.24. The summed E-state index contributed by atoms with van der Waals surface area (Å²) in [6.45, 7) is 1.79. The Morgan fingerprint density at radius 2 is 1.92 bits per heavy atom. The third-order valence-electron chi connectivity index (χ3n) is 3.30. The summed E-state index contributed by atoms with van der Waals surface area (Å²) in [7, 11) is 0. The fourth-order valence-electron chi connectivity index (χ4n) is 2.05. The van der Waals surface area contributed by atoms with Crippen molar-refractivity contribution >= 4 is 28.9 Å². The first kappa shape index (κ1) is 18.7. The number of aromatic hydroxyl groups is 1. The molecular weight excluding hydrogens is 344 g/mol. The molecule has 0 unspecified atom stereocenters. The summed E-state index contributed by atoms with van der Waals surface area (Å²) in [5, 5.41) is 11.4. The lowest BCUT2D eigenvalue weighted by Gasteiger charge is -2.08. The second kappa shape index (κ2) is 8.98. The second-order valence-corrected chi connectivity index (χ2v) is 6.05. The van der Waals surface area contributed by atoms with Crippen molar-refractivity contribution < 1.29 is 29.0 Å². The monoisotopic (exact) mass is 362 g/mol. The van der Waals surface area contributed by atoms with E-state index in [4.69, 9.17) is 9.47 Å². The van der Waals surface area contributed by atoms with E-state index in [2.05, 4.69) is 0 Å². The average molecular weight is 362 g/mol. The van der Waals surface area contributed by atoms with E-state index in [-0.39, 0.29) is 42.5 Å². The lowest BCUT2D eigenvalue weighted by molar-refractivity contribution is -0.142. The Labute approximate surface area is 149 Å². The summed E-state index contributed by atoms with van der Waals surface area (Å²) in [4.78, 5) is 36.1. The van der Waals surface area contributed by atoms with Crippen LogP contribution < -0.4 is 4.74 Å². The van der Waals surface area contributed by atoms with Crippen molar-refractivity contribution in [2.45, 2.75) is 19.8 Å². The Morgan fingerprint density at radius 3 is 2.60 bits per heavy atom. The van der Waals surface area contributed by atoms with Gasteiger partial charge in [0.05, 0.1) is 17.9 Å². The number of esters is 1. The van der Waals surface area contributed by atoms with E-state index in [1.807, 2.05) is 0 Å². The van der Waals surface area contributed by atoms with Gasteiger partial charge in [0.1, 0.15) is 0 Å². The van der Waals surface area contributed by atoms with Crippen molar-refractivity contribution in [3.63, 3.8) is 0 Å². The van der Waals surface area contributed by atoms with Gasteiger partial charge >= 0.3 is 5.97 Å². The van der Waals surface area contributed by atoms with Gasteiger partial charge in [0.25, 0.3) is 0 Å². The maximum Gasteiger partial charge on any atom is 0.306 e. The summed E-state index contributed by atoms with van der Waals surface area (Å²) >= 11 is 1.28. The van der Waals surface area contributed by atoms with Gasteiger partial charge in [0.2, 0.25) is 5.78 Å². The largest absolute Gasteiger partial charge is 0.504 e. The molecule has 0 saturated heterocycles. The number of hydrogen-bond acceptors (Lipinski definition) is 7. The van der Waals surface area contributed by atoms with Crippen LogP contribution in [-0.2, 0) is 9.53 Å². The highest BCUT2D eigenvalue weighted by atomic mass is 32.1. The number of ketones is 2. The minimum absolute atomic E-state index is 0.0510. The highest BCUT2D eigenvalue weighted by Gasteiger charge is 2.14. The van der Waals surface area contributed by atoms with Gasteiger partial charge in [-0.1, -0.05) is 6.07 Å². The van der Waals surface area contributed by atoms with Crippen LogP contribution in [0.5, 0.6) is 11.5 Å². The summed E-state index contributed by atoms with van der Waals surface area (Å²) < 4.78 is 10.1. The molecule has 0 fully saturated rings. The first-order valence-electron chi connectivity index (χ1n) is 7.72. The lowest BCUT2D eigenvalue weighted by atomic mass is 10.1. The van der Waals surface area contributed by atoms with E-state index < -0.39 is 5.97 Å². The van der Waals surface area contributed by atoms with Crippen LogP contribution in [0.4, 0.5) is 0 Å². The molecule has 0 aliphatic rings. The number of ether oxygens (including phenoxy) is 2. The van der Waals surface area contributed by atoms with Gasteiger partial charge in [-0.25, -0.2) is 0 Å². The summed E-state index contributed by atoms with van der Waals surface area (Å²) in [5.41, 5.74) is 0.337. The summed E-state index contributed by atoms with van der Waals surface area (Å²) in [5.74, 6) is -0.985. The number of carbonyl (C=O) groups is 3. The predicted molar refractivity (Wildman–Crippen MR) is 92.4 cm³/mol. The number of carbonyl (C=O) groups excluding carboxylic acids is 3. The molecule has 2 rings (SSSR count). The number of benzene rings is 1. The zero-order valence-electron chi connectivity index (χ0n) is 13.7. The van der Waals surface area contributed by atoms with Gasteiger partial charge in [0.15, 0.2) is 23.9 Å². The highest BCUT2D eigenvalue weighted by Crippen LogP contribution is 2.27. The smallest absolute Gasteiger partial charge is 0.306 e. The molecule has 2 aromatic rings. The molecule has 6 nitrogen and oxygen atoms in total. The molecule has 0 amide bonds. The minimum atomic E-state index is -0.609. The van der Waals surface area contributed by atoms with Crippen LogP contribution in [-0.4, -0.2) is 35.9 Å². The zero-order chi connectivity index (χ0) is 18.2. The summed E-state index contributed by atoms with van der Waals surface area (Å²) in [6.07, 6.45) is -0.177. The van der Waals surface area contributed by atoms with Crippen molar-refractivity contribution in [3.8, 4) is 11.5 Å². The Balaban J connectivity index is 1.82. The topological polar surface area (TPSA) is 89.9 Å². The molecule has 0 aliphatic heterocycles. The molecule has 0 aliphatic carbocycles. The van der Waals surface area contributed by atoms with Crippen LogP contribution in [0.1, 0.15) is 39.8 Å². The van der Waals surface area contributed by atoms with Gasteiger partial charge in [-0.2, -0.15) is 0 Å². The molecule has 1 aromatic carbocycles. The zero-order valence-corrected chi connectivity index (χ0v) is 14.5. The van der Waals surface area contributed by atoms with Gasteiger partial charge in [-0.3, -0.25) is 14.4 Å². The molecule has 0 atom stereocenters. The molecule has 0 spiro atoms. The van der Waals surface area contributed by atoms with Crippen LogP contribution in [0.25, 0.3) is 0 Å². The SMILES string of the molecule is CCOc1cc(C(=O)CCC(=O)OCC(=O)c2cccs2)ccc1O. The third kappa shape index (κ3) is 5.42. The molecule has 1 heterocycles. The normalized spacial score (nSPS) is 10.3. The quantitative estimate of drug-likeness (QED) is 0.544. The third-order valence-corrected chi connectivity index (χ3v) is 4.21. The molecule has 7 heteroatoms. The van der Waals surface area contributed by atoms with Crippen molar-refractivity contribution in [2.75, 3.05) is 13.2 Å². The Bertz CT molecular complexity index is 751. The van der Waals surface area contributed by atoms with Gasteiger partial charge < -0.3 is 14.6 Å². The van der Waals surface area contributed by atoms with Crippen molar-refractivity contribution in [1.82, 2.24) is 0 Å². The molecule has 25 heavy (non-hydrogen) atoms. The number of phenols is 1. The van der Waals surface area contributed by atoms with Crippen LogP contribution in [0, 0.1) is 0 Å². The Kier molecular flexibility index (Phi) is 6.71. The fourth-order valence-corrected chi connectivity index (χ4v) is 2.70. The number of rotatable bonds is 9. The van der Waals surface area contributed by atoms with Gasteiger partial charge in [-0.05, 0) is 36.6 Å². The van der Waals surface area contributed by atoms with Crippen molar-refractivity contribution in [3.05, 3.63) is 46.2 Å². The molecule has 0 radical (unpaired) electrons. The first-order valence-corrected chi connectivity index (χ1v) is 8.60. The molecule has 1 N–H and O–H groups in total. The van der Waals surface area contributed by atoms with Crippen LogP contribution >= 0.6 is 11.3 Å². The van der Waals surface area contributed by atoms with Crippen LogP contribution in [0.3, 0.4) is 0 Å². The number of phenolic OH excluding ortho intramolecular Hbond substituents is 1. The van der Waals surface area contributed by atoms with E-state index in [9.17, 15) is 19.5 Å². The first-order chi connectivity index (χ1) is 12.0. The van der Waals surface area contributed by atoms with E-state index in [1.54, 1.807) is 24.4 Å². The second-order valence-electron chi connectivity index (χ2n) is 5.10. The number of hydrogen-bond donors (Lipinski definition) is 1. The van der Waals surface area contributed by atoms with Gasteiger partial charge in [0, 0.05) is 12.0 Å². The molecule has 0 saturated carbocycles. The van der Waals surface area contributed by atoms with E-state index in [1.165, 1.54) is 29.5 Å². The molecular formula is C18H18O6S. The number of thiophene rings is 1. The van der Waals surface area contributed by atoms with E-state index in [0.717, 1.165) is 0 Å². The van der Waals surface area contributed by atoms with Crippen LogP contribution in [0.2, 0.25) is 0 Å². The maximum absolute atomic E-state index is 12.1.